The lowest BCUT2D eigenvalue weighted by Crippen LogP contribution is -2.44. The van der Waals surface area contributed by atoms with E-state index in [2.05, 4.69) is 24.9 Å². The number of carboxylic acid groups (broad SMARTS) is 1. The van der Waals surface area contributed by atoms with E-state index in [0.29, 0.717) is 6.42 Å². The van der Waals surface area contributed by atoms with Crippen molar-refractivity contribution < 1.29 is 14.7 Å². The molecule has 0 radical (unpaired) electrons. The van der Waals surface area contributed by atoms with Gasteiger partial charge in [-0.1, -0.05) is 50.1 Å². The molecule has 1 unspecified atom stereocenters. The number of rotatable bonds is 8. The highest BCUT2D eigenvalue weighted by Gasteiger charge is 2.25. The summed E-state index contributed by atoms with van der Waals surface area (Å²) in [6.45, 7) is 2.06. The normalized spacial score (nSPS) is 13.5. The molecule has 1 amide bonds. The quantitative estimate of drug-likeness (QED) is 0.645. The maximum Gasteiger partial charge on any atom is 0.327 e. The molecule has 0 heterocycles. The number of carbonyl (C=O) groups excluding carboxylic acids is 1. The molecule has 1 aromatic carbocycles. The van der Waals surface area contributed by atoms with Crippen molar-refractivity contribution in [1.29, 1.82) is 0 Å². The molecule has 1 aromatic rings. The Morgan fingerprint density at radius 2 is 1.95 bits per heavy atom. The van der Waals surface area contributed by atoms with Gasteiger partial charge in [-0.2, -0.15) is 12.6 Å². The Hall–Kier alpha value is -1.49. The molecule has 1 rings (SSSR count). The molecule has 110 valence electrons. The first-order valence-electron chi connectivity index (χ1n) is 6.79. The van der Waals surface area contributed by atoms with Gasteiger partial charge in [0.1, 0.15) is 6.04 Å². The van der Waals surface area contributed by atoms with Crippen molar-refractivity contribution in [3.8, 4) is 0 Å². The molecule has 0 aromatic heterocycles. The number of carbonyl (C=O) groups is 2. The molecule has 0 aliphatic rings. The summed E-state index contributed by atoms with van der Waals surface area (Å²) < 4.78 is 0. The second-order valence-corrected chi connectivity index (χ2v) is 5.05. The van der Waals surface area contributed by atoms with Gasteiger partial charge in [0.2, 0.25) is 5.91 Å². The van der Waals surface area contributed by atoms with Crippen LogP contribution >= 0.6 is 12.6 Å². The molecular weight excluding hydrogens is 274 g/mol. The van der Waals surface area contributed by atoms with Crippen molar-refractivity contribution in [2.24, 2.45) is 0 Å². The van der Waals surface area contributed by atoms with Gasteiger partial charge >= 0.3 is 5.97 Å². The van der Waals surface area contributed by atoms with Gasteiger partial charge in [-0.15, -0.1) is 0 Å². The molecule has 0 bridgehead atoms. The van der Waals surface area contributed by atoms with E-state index in [1.54, 1.807) is 0 Å². The molecule has 5 heteroatoms. The van der Waals surface area contributed by atoms with Crippen LogP contribution in [0.4, 0.5) is 0 Å². The van der Waals surface area contributed by atoms with Crippen LogP contribution < -0.4 is 5.32 Å². The lowest BCUT2D eigenvalue weighted by Gasteiger charge is -2.19. The molecule has 2 atom stereocenters. The average molecular weight is 295 g/mol. The smallest absolute Gasteiger partial charge is 0.327 e. The zero-order valence-corrected chi connectivity index (χ0v) is 12.5. The van der Waals surface area contributed by atoms with Crippen LogP contribution in [0, 0.1) is 0 Å². The Balaban J connectivity index is 2.82. The molecular formula is C15H21NO3S. The van der Waals surface area contributed by atoms with Crippen LogP contribution in [-0.4, -0.2) is 28.8 Å². The second-order valence-electron chi connectivity index (χ2n) is 4.69. The number of hydrogen-bond acceptors (Lipinski definition) is 3. The van der Waals surface area contributed by atoms with Crippen LogP contribution in [0.1, 0.15) is 37.7 Å². The van der Waals surface area contributed by atoms with Gasteiger partial charge < -0.3 is 10.4 Å². The summed E-state index contributed by atoms with van der Waals surface area (Å²) in [6.07, 6.45) is 2.63. The number of benzene rings is 1. The minimum atomic E-state index is -1.06. The number of carboxylic acids is 1. The van der Waals surface area contributed by atoms with E-state index >= 15 is 0 Å². The topological polar surface area (TPSA) is 66.4 Å². The second kappa shape index (κ2) is 8.64. The van der Waals surface area contributed by atoms with Crippen LogP contribution in [-0.2, 0) is 9.59 Å². The Morgan fingerprint density at radius 3 is 2.45 bits per heavy atom. The lowest BCUT2D eigenvalue weighted by atomic mass is 9.92. The van der Waals surface area contributed by atoms with Gasteiger partial charge in [-0.25, -0.2) is 4.79 Å². The first-order valence-corrected chi connectivity index (χ1v) is 7.42. The van der Waals surface area contributed by atoms with Gasteiger partial charge in [0.05, 0.1) is 5.92 Å². The minimum Gasteiger partial charge on any atom is -0.480 e. The number of thiol groups is 1. The van der Waals surface area contributed by atoms with Crippen molar-refractivity contribution >= 4 is 24.5 Å². The minimum absolute atomic E-state index is 0.0797. The summed E-state index contributed by atoms with van der Waals surface area (Å²) in [5.41, 5.74) is 0.918. The molecule has 0 fully saturated rings. The van der Waals surface area contributed by atoms with E-state index in [1.807, 2.05) is 30.3 Å². The summed E-state index contributed by atoms with van der Waals surface area (Å²) in [6, 6.07) is 8.52. The Morgan fingerprint density at radius 1 is 1.30 bits per heavy atom. The highest BCUT2D eigenvalue weighted by atomic mass is 32.1. The van der Waals surface area contributed by atoms with E-state index < -0.39 is 12.0 Å². The van der Waals surface area contributed by atoms with Gasteiger partial charge in [-0.05, 0) is 12.0 Å². The van der Waals surface area contributed by atoms with Crippen molar-refractivity contribution in [3.63, 3.8) is 0 Å². The van der Waals surface area contributed by atoms with Crippen LogP contribution in [0.3, 0.4) is 0 Å². The molecule has 20 heavy (non-hydrogen) atoms. The SMILES string of the molecule is CCCCC(C(=O)N[C@@H](CS)C(=O)O)c1ccccc1. The summed E-state index contributed by atoms with van der Waals surface area (Å²) in [5, 5.41) is 11.5. The number of nitrogens with one attached hydrogen (secondary N) is 1. The number of amides is 1. The van der Waals surface area contributed by atoms with Crippen molar-refractivity contribution in [2.45, 2.75) is 38.1 Å². The molecule has 0 aliphatic heterocycles. The predicted octanol–water partition coefficient (Wildman–Crippen LogP) is 2.46. The van der Waals surface area contributed by atoms with Crippen LogP contribution in [0.25, 0.3) is 0 Å². The van der Waals surface area contributed by atoms with Crippen LogP contribution in [0.2, 0.25) is 0 Å². The van der Waals surface area contributed by atoms with Gasteiger partial charge in [0, 0.05) is 5.75 Å². The Bertz CT molecular complexity index is 436. The van der Waals surface area contributed by atoms with Gasteiger partial charge in [0.15, 0.2) is 0 Å². The first-order chi connectivity index (χ1) is 9.60. The molecule has 0 spiro atoms. The maximum atomic E-state index is 12.3. The zero-order chi connectivity index (χ0) is 15.0. The number of aliphatic carboxylic acids is 1. The standard InChI is InChI=1S/C15H21NO3S/c1-2-3-9-12(11-7-5-4-6-8-11)14(17)16-13(10-20)15(18)19/h4-8,12-13,20H,2-3,9-10H2,1H3,(H,16,17)(H,18,19)/t12?,13-/m0/s1. The fourth-order valence-electron chi connectivity index (χ4n) is 2.00. The number of unbranched alkanes of at least 4 members (excludes halogenated alkanes) is 1. The molecule has 0 saturated carbocycles. The summed E-state index contributed by atoms with van der Waals surface area (Å²) in [5.74, 6) is -1.53. The molecule has 0 aliphatic carbocycles. The van der Waals surface area contributed by atoms with E-state index in [9.17, 15) is 9.59 Å². The highest BCUT2D eigenvalue weighted by Crippen LogP contribution is 2.22. The third kappa shape index (κ3) is 4.89. The van der Waals surface area contributed by atoms with E-state index in [0.717, 1.165) is 18.4 Å². The Labute approximate surface area is 125 Å². The van der Waals surface area contributed by atoms with Crippen LogP contribution in [0.5, 0.6) is 0 Å². The predicted molar refractivity (Wildman–Crippen MR) is 82.1 cm³/mol. The molecule has 4 nitrogen and oxygen atoms in total. The third-order valence-electron chi connectivity index (χ3n) is 3.16. The van der Waals surface area contributed by atoms with Crippen LogP contribution in [0.15, 0.2) is 30.3 Å². The molecule has 0 saturated heterocycles. The third-order valence-corrected chi connectivity index (χ3v) is 3.53. The summed E-state index contributed by atoms with van der Waals surface area (Å²) in [7, 11) is 0. The van der Waals surface area contributed by atoms with Crippen molar-refractivity contribution in [2.75, 3.05) is 5.75 Å². The molecule has 2 N–H and O–H groups in total. The lowest BCUT2D eigenvalue weighted by molar-refractivity contribution is -0.141. The monoisotopic (exact) mass is 295 g/mol. The van der Waals surface area contributed by atoms with E-state index in [-0.39, 0.29) is 17.6 Å². The van der Waals surface area contributed by atoms with Crippen molar-refractivity contribution in [3.05, 3.63) is 35.9 Å². The zero-order valence-electron chi connectivity index (χ0n) is 11.6. The summed E-state index contributed by atoms with van der Waals surface area (Å²) >= 11 is 3.96. The van der Waals surface area contributed by atoms with E-state index in [1.165, 1.54) is 0 Å². The number of hydrogen-bond donors (Lipinski definition) is 3. The van der Waals surface area contributed by atoms with Gasteiger partial charge in [0.25, 0.3) is 0 Å². The first kappa shape index (κ1) is 16.6. The summed E-state index contributed by atoms with van der Waals surface area (Å²) in [4.78, 5) is 23.3. The maximum absolute atomic E-state index is 12.3. The largest absolute Gasteiger partial charge is 0.480 e. The van der Waals surface area contributed by atoms with Gasteiger partial charge in [-0.3, -0.25) is 4.79 Å². The Kier molecular flexibility index (Phi) is 7.15. The highest BCUT2D eigenvalue weighted by molar-refractivity contribution is 7.80. The fourth-order valence-corrected chi connectivity index (χ4v) is 2.25. The van der Waals surface area contributed by atoms with Crippen molar-refractivity contribution in [1.82, 2.24) is 5.32 Å². The van der Waals surface area contributed by atoms with E-state index in [4.69, 9.17) is 5.11 Å². The fraction of sp³-hybridized carbons (Fsp3) is 0.467. The average Bonchev–Trinajstić information content (AvgIpc) is 2.46.